The Morgan fingerprint density at radius 2 is 1.85 bits per heavy atom. The van der Waals surface area contributed by atoms with Gasteiger partial charge in [0.25, 0.3) is 0 Å². The number of carbonyl (C=O) groups excluding carboxylic acids is 1. The Hall–Kier alpha value is -1.17. The van der Waals surface area contributed by atoms with E-state index < -0.39 is 12.1 Å². The first-order valence-electron chi connectivity index (χ1n) is 6.65. The highest BCUT2D eigenvalue weighted by Crippen LogP contribution is 2.33. The van der Waals surface area contributed by atoms with Crippen LogP contribution in [0.1, 0.15) is 6.92 Å². The quantitative estimate of drug-likeness (QED) is 0.451. The van der Waals surface area contributed by atoms with Crippen molar-refractivity contribution in [3.05, 3.63) is 23.8 Å². The Bertz CT molecular complexity index is 374. The first kappa shape index (κ1) is 16.9. The minimum Gasteiger partial charge on any atom is -0.466 e. The molecule has 0 aliphatic heterocycles. The predicted molar refractivity (Wildman–Crippen MR) is 75.1 cm³/mol. The summed E-state index contributed by atoms with van der Waals surface area (Å²) in [5.74, 6) is -0.569. The van der Waals surface area contributed by atoms with Gasteiger partial charge in [0.1, 0.15) is 0 Å². The number of hydrogen-bond donors (Lipinski definition) is 1. The lowest BCUT2D eigenvalue weighted by atomic mass is 9.74. The maximum atomic E-state index is 11.3. The van der Waals surface area contributed by atoms with Crippen LogP contribution >= 0.6 is 0 Å². The molecule has 0 aromatic heterocycles. The fourth-order valence-corrected chi connectivity index (χ4v) is 2.59. The number of aliphatic hydroxyl groups excluding tert-OH is 1. The zero-order valence-electron chi connectivity index (χ0n) is 12.5. The molecule has 20 heavy (non-hydrogen) atoms. The fourth-order valence-electron chi connectivity index (χ4n) is 2.59. The van der Waals surface area contributed by atoms with Crippen LogP contribution in [-0.2, 0) is 19.0 Å². The van der Waals surface area contributed by atoms with E-state index in [4.69, 9.17) is 9.47 Å². The van der Waals surface area contributed by atoms with E-state index in [1.165, 1.54) is 13.2 Å². The predicted octanol–water partition coefficient (Wildman–Crippen LogP) is 1.18. The summed E-state index contributed by atoms with van der Waals surface area (Å²) in [6, 6.07) is 0. The molecule has 0 spiro atoms. The Labute approximate surface area is 120 Å². The molecule has 0 aromatic carbocycles. The lowest BCUT2D eigenvalue weighted by Gasteiger charge is -2.36. The molecule has 0 saturated carbocycles. The standard InChI is InChI=1S/C15H24O5/c1-10(7-14(16)20-4)12-6-5-11(8-18-2)13(9-19-3)15(12)17/h5-7,11-13,15,17H,8-9H2,1-4H3/b10-7+/t11-,12+,13+,15-/m0/s1. The van der Waals surface area contributed by atoms with E-state index in [2.05, 4.69) is 4.74 Å². The number of aliphatic hydroxyl groups is 1. The molecule has 0 saturated heterocycles. The highest BCUT2D eigenvalue weighted by atomic mass is 16.5. The van der Waals surface area contributed by atoms with Crippen LogP contribution in [0.15, 0.2) is 23.8 Å². The van der Waals surface area contributed by atoms with Gasteiger partial charge in [-0.1, -0.05) is 17.7 Å². The van der Waals surface area contributed by atoms with Gasteiger partial charge in [0.15, 0.2) is 0 Å². The molecule has 5 heteroatoms. The lowest BCUT2D eigenvalue weighted by Crippen LogP contribution is -2.40. The van der Waals surface area contributed by atoms with Gasteiger partial charge < -0.3 is 19.3 Å². The van der Waals surface area contributed by atoms with Crippen LogP contribution in [0.3, 0.4) is 0 Å². The zero-order chi connectivity index (χ0) is 15.1. The van der Waals surface area contributed by atoms with Crippen molar-refractivity contribution in [2.45, 2.75) is 13.0 Å². The number of hydrogen-bond acceptors (Lipinski definition) is 5. The van der Waals surface area contributed by atoms with Crippen LogP contribution in [-0.4, -0.2) is 51.7 Å². The Balaban J connectivity index is 2.92. The van der Waals surface area contributed by atoms with Crippen LogP contribution in [0.5, 0.6) is 0 Å². The molecule has 0 radical (unpaired) electrons. The zero-order valence-corrected chi connectivity index (χ0v) is 12.5. The van der Waals surface area contributed by atoms with Gasteiger partial charge in [-0.2, -0.15) is 0 Å². The Kier molecular flexibility index (Phi) is 6.91. The van der Waals surface area contributed by atoms with Crippen molar-refractivity contribution in [3.63, 3.8) is 0 Å². The summed E-state index contributed by atoms with van der Waals surface area (Å²) < 4.78 is 15.0. The summed E-state index contributed by atoms with van der Waals surface area (Å²) in [5, 5.41) is 10.5. The smallest absolute Gasteiger partial charge is 0.330 e. The van der Waals surface area contributed by atoms with Crippen LogP contribution in [0.25, 0.3) is 0 Å². The highest BCUT2D eigenvalue weighted by Gasteiger charge is 2.35. The number of esters is 1. The van der Waals surface area contributed by atoms with Crippen LogP contribution in [0, 0.1) is 17.8 Å². The number of rotatable bonds is 6. The third-order valence-electron chi connectivity index (χ3n) is 3.71. The molecule has 1 aliphatic rings. The van der Waals surface area contributed by atoms with E-state index in [0.717, 1.165) is 5.57 Å². The van der Waals surface area contributed by atoms with Crippen molar-refractivity contribution in [1.82, 2.24) is 0 Å². The third-order valence-corrected chi connectivity index (χ3v) is 3.71. The largest absolute Gasteiger partial charge is 0.466 e. The van der Waals surface area contributed by atoms with Crippen LogP contribution in [0.2, 0.25) is 0 Å². The van der Waals surface area contributed by atoms with E-state index in [1.807, 2.05) is 19.1 Å². The first-order valence-corrected chi connectivity index (χ1v) is 6.65. The minimum atomic E-state index is -0.610. The van der Waals surface area contributed by atoms with E-state index >= 15 is 0 Å². The summed E-state index contributed by atoms with van der Waals surface area (Å²) in [7, 11) is 4.58. The van der Waals surface area contributed by atoms with Gasteiger partial charge in [-0.05, 0) is 6.92 Å². The highest BCUT2D eigenvalue weighted by molar-refractivity contribution is 5.82. The van der Waals surface area contributed by atoms with E-state index in [-0.39, 0.29) is 17.8 Å². The van der Waals surface area contributed by atoms with Gasteiger partial charge in [0, 0.05) is 38.0 Å². The molecule has 0 heterocycles. The SMILES string of the molecule is COC[C@H]1[C@@H](O)[C@@H](/C(C)=C/C(=O)OC)C=C[C@H]1COC. The van der Waals surface area contributed by atoms with Crippen molar-refractivity contribution in [1.29, 1.82) is 0 Å². The summed E-state index contributed by atoms with van der Waals surface area (Å²) in [4.78, 5) is 11.3. The normalized spacial score (nSPS) is 30.4. The average Bonchev–Trinajstić information content (AvgIpc) is 2.42. The molecule has 0 fully saturated rings. The molecular formula is C15H24O5. The van der Waals surface area contributed by atoms with Gasteiger partial charge in [0.05, 0.1) is 26.4 Å². The first-order chi connectivity index (χ1) is 9.54. The summed E-state index contributed by atoms with van der Waals surface area (Å²) in [5.41, 5.74) is 0.776. The van der Waals surface area contributed by atoms with Crippen molar-refractivity contribution in [2.24, 2.45) is 17.8 Å². The lowest BCUT2D eigenvalue weighted by molar-refractivity contribution is -0.134. The molecule has 0 amide bonds. The molecule has 0 bridgehead atoms. The van der Waals surface area contributed by atoms with Gasteiger partial charge in [-0.15, -0.1) is 0 Å². The van der Waals surface area contributed by atoms with Gasteiger partial charge in [-0.25, -0.2) is 4.79 Å². The number of ether oxygens (including phenoxy) is 3. The molecule has 5 nitrogen and oxygen atoms in total. The molecule has 4 atom stereocenters. The Morgan fingerprint density at radius 3 is 2.40 bits per heavy atom. The van der Waals surface area contributed by atoms with Crippen molar-refractivity contribution in [2.75, 3.05) is 34.5 Å². The minimum absolute atomic E-state index is 0.0593. The van der Waals surface area contributed by atoms with Crippen LogP contribution in [0.4, 0.5) is 0 Å². The van der Waals surface area contributed by atoms with Gasteiger partial charge in [-0.3, -0.25) is 0 Å². The maximum Gasteiger partial charge on any atom is 0.330 e. The molecule has 114 valence electrons. The van der Waals surface area contributed by atoms with Gasteiger partial charge in [0.2, 0.25) is 0 Å². The summed E-state index contributed by atoms with van der Waals surface area (Å²) in [6.45, 7) is 2.80. The summed E-state index contributed by atoms with van der Waals surface area (Å²) in [6.07, 6.45) is 4.76. The van der Waals surface area contributed by atoms with Crippen molar-refractivity contribution in [3.8, 4) is 0 Å². The van der Waals surface area contributed by atoms with E-state index in [0.29, 0.717) is 13.2 Å². The number of methoxy groups -OCH3 is 3. The topological polar surface area (TPSA) is 65.0 Å². The monoisotopic (exact) mass is 284 g/mol. The van der Waals surface area contributed by atoms with Crippen LogP contribution < -0.4 is 0 Å². The second-order valence-corrected chi connectivity index (χ2v) is 5.05. The van der Waals surface area contributed by atoms with Gasteiger partial charge >= 0.3 is 5.97 Å². The van der Waals surface area contributed by atoms with Crippen molar-refractivity contribution < 1.29 is 24.1 Å². The van der Waals surface area contributed by atoms with E-state index in [1.54, 1.807) is 14.2 Å². The molecule has 0 aromatic rings. The number of carbonyl (C=O) groups is 1. The van der Waals surface area contributed by atoms with E-state index in [9.17, 15) is 9.90 Å². The summed E-state index contributed by atoms with van der Waals surface area (Å²) >= 11 is 0. The fraction of sp³-hybridized carbons (Fsp3) is 0.667. The average molecular weight is 284 g/mol. The Morgan fingerprint density at radius 1 is 1.20 bits per heavy atom. The third kappa shape index (κ3) is 4.16. The van der Waals surface area contributed by atoms with Crippen molar-refractivity contribution >= 4 is 5.97 Å². The molecular weight excluding hydrogens is 260 g/mol. The molecule has 0 unspecified atom stereocenters. The second-order valence-electron chi connectivity index (χ2n) is 5.05. The molecule has 1 aliphatic carbocycles. The second kappa shape index (κ2) is 8.19. The maximum absolute atomic E-state index is 11.3. The molecule has 1 rings (SSSR count). The molecule has 1 N–H and O–H groups in total.